The molecule has 0 saturated heterocycles. The summed E-state index contributed by atoms with van der Waals surface area (Å²) in [6, 6.07) is 10.7. The van der Waals surface area contributed by atoms with Gasteiger partial charge in [-0.25, -0.2) is 4.98 Å². The Bertz CT molecular complexity index is 805. The maximum atomic E-state index is 5.62. The van der Waals surface area contributed by atoms with Crippen molar-refractivity contribution in [3.63, 3.8) is 0 Å². The van der Waals surface area contributed by atoms with Crippen molar-refractivity contribution in [3.8, 4) is 5.69 Å². The lowest BCUT2D eigenvalue weighted by Crippen LogP contribution is -2.03. The third-order valence-electron chi connectivity index (χ3n) is 3.87. The molecule has 0 aliphatic heterocycles. The zero-order valence-corrected chi connectivity index (χ0v) is 13.8. The van der Waals surface area contributed by atoms with Gasteiger partial charge in [0.05, 0.1) is 16.7 Å². The lowest BCUT2D eigenvalue weighted by atomic mass is 10.1. The van der Waals surface area contributed by atoms with E-state index in [0.717, 1.165) is 27.6 Å². The first kappa shape index (κ1) is 14.3. The highest BCUT2D eigenvalue weighted by Gasteiger charge is 2.09. The number of nitrogens with zero attached hydrogens (tertiary/aromatic N) is 2. The molecule has 0 saturated carbocycles. The van der Waals surface area contributed by atoms with Crippen molar-refractivity contribution in [1.29, 1.82) is 0 Å². The van der Waals surface area contributed by atoms with Crippen molar-refractivity contribution < 1.29 is 0 Å². The van der Waals surface area contributed by atoms with Gasteiger partial charge in [0.2, 0.25) is 0 Å². The number of hydrogen-bond donors (Lipinski definition) is 1. The number of rotatable bonds is 3. The smallest absolute Gasteiger partial charge is 0.100 e. The third kappa shape index (κ3) is 2.61. The van der Waals surface area contributed by atoms with E-state index in [1.165, 1.54) is 16.7 Å². The Labute approximate surface area is 132 Å². The first-order valence-electron chi connectivity index (χ1n) is 7.03. The van der Waals surface area contributed by atoms with Crippen molar-refractivity contribution >= 4 is 27.0 Å². The lowest BCUT2D eigenvalue weighted by Gasteiger charge is -2.10. The number of imidazole rings is 1. The molecular weight excluding hydrogens is 326 g/mol. The van der Waals surface area contributed by atoms with Gasteiger partial charge in [-0.3, -0.25) is 4.57 Å². The summed E-state index contributed by atoms with van der Waals surface area (Å²) in [4.78, 5) is 4.52. The molecule has 2 N–H and O–H groups in total. The molecule has 0 spiro atoms. The first-order valence-corrected chi connectivity index (χ1v) is 7.82. The zero-order chi connectivity index (χ0) is 15.0. The van der Waals surface area contributed by atoms with Crippen LogP contribution < -0.4 is 5.73 Å². The highest BCUT2D eigenvalue weighted by molar-refractivity contribution is 9.10. The predicted molar refractivity (Wildman–Crippen MR) is 91.0 cm³/mol. The molecule has 1 heterocycles. The number of aryl methyl sites for hydroxylation is 2. The van der Waals surface area contributed by atoms with Gasteiger partial charge in [0, 0.05) is 4.47 Å². The molecule has 1 aromatic heterocycles. The molecule has 0 aliphatic rings. The van der Waals surface area contributed by atoms with E-state index in [4.69, 9.17) is 5.73 Å². The van der Waals surface area contributed by atoms with Gasteiger partial charge >= 0.3 is 0 Å². The van der Waals surface area contributed by atoms with E-state index in [1.807, 2.05) is 6.33 Å². The SMILES string of the molecule is Cc1cc2ncn(-c3ccc(CCN)cc3Br)c2cc1C. The molecule has 0 amide bonds. The van der Waals surface area contributed by atoms with E-state index >= 15 is 0 Å². The van der Waals surface area contributed by atoms with Crippen LogP contribution in [0, 0.1) is 13.8 Å². The predicted octanol–water partition coefficient (Wildman–Crippen LogP) is 3.91. The molecule has 0 unspecified atom stereocenters. The molecule has 108 valence electrons. The van der Waals surface area contributed by atoms with Gasteiger partial charge in [-0.15, -0.1) is 0 Å². The minimum Gasteiger partial charge on any atom is -0.330 e. The summed E-state index contributed by atoms with van der Waals surface area (Å²) in [5.41, 5.74) is 12.7. The topological polar surface area (TPSA) is 43.8 Å². The van der Waals surface area contributed by atoms with E-state index in [0.29, 0.717) is 6.54 Å². The van der Waals surface area contributed by atoms with E-state index < -0.39 is 0 Å². The van der Waals surface area contributed by atoms with E-state index in [-0.39, 0.29) is 0 Å². The maximum Gasteiger partial charge on any atom is 0.100 e. The molecule has 3 aromatic rings. The van der Waals surface area contributed by atoms with E-state index in [1.54, 1.807) is 0 Å². The summed E-state index contributed by atoms with van der Waals surface area (Å²) in [6.45, 7) is 4.91. The van der Waals surface area contributed by atoms with Gasteiger partial charge in [-0.05, 0) is 83.7 Å². The highest BCUT2D eigenvalue weighted by atomic mass is 79.9. The fraction of sp³-hybridized carbons (Fsp3) is 0.235. The second-order valence-electron chi connectivity index (χ2n) is 5.36. The van der Waals surface area contributed by atoms with Gasteiger partial charge in [0.1, 0.15) is 6.33 Å². The van der Waals surface area contributed by atoms with E-state index in [9.17, 15) is 0 Å². The second kappa shape index (κ2) is 5.62. The fourth-order valence-corrected chi connectivity index (χ4v) is 3.14. The molecule has 3 nitrogen and oxygen atoms in total. The summed E-state index contributed by atoms with van der Waals surface area (Å²) in [6.07, 6.45) is 2.77. The van der Waals surface area contributed by atoms with Crippen molar-refractivity contribution in [3.05, 3.63) is 57.8 Å². The molecule has 0 atom stereocenters. The molecule has 4 heteroatoms. The van der Waals surface area contributed by atoms with Gasteiger partial charge in [0.15, 0.2) is 0 Å². The van der Waals surface area contributed by atoms with Crippen LogP contribution in [0.5, 0.6) is 0 Å². The molecule has 0 bridgehead atoms. The normalized spacial score (nSPS) is 11.2. The summed E-state index contributed by atoms with van der Waals surface area (Å²) in [7, 11) is 0. The highest BCUT2D eigenvalue weighted by Crippen LogP contribution is 2.27. The van der Waals surface area contributed by atoms with Crippen molar-refractivity contribution in [2.24, 2.45) is 5.73 Å². The Morgan fingerprint density at radius 1 is 1.14 bits per heavy atom. The van der Waals surface area contributed by atoms with Crippen LogP contribution in [-0.2, 0) is 6.42 Å². The zero-order valence-electron chi connectivity index (χ0n) is 12.2. The van der Waals surface area contributed by atoms with Crippen LogP contribution in [0.25, 0.3) is 16.7 Å². The number of fused-ring (bicyclic) bond motifs is 1. The molecule has 2 aromatic carbocycles. The average molecular weight is 344 g/mol. The largest absolute Gasteiger partial charge is 0.330 e. The van der Waals surface area contributed by atoms with Gasteiger partial charge < -0.3 is 5.73 Å². The molecule has 21 heavy (non-hydrogen) atoms. The second-order valence-corrected chi connectivity index (χ2v) is 6.22. The molecular formula is C17H18BrN3. The van der Waals surface area contributed by atoms with Gasteiger partial charge in [-0.1, -0.05) is 6.07 Å². The number of benzene rings is 2. The Hall–Kier alpha value is -1.65. The van der Waals surface area contributed by atoms with Crippen LogP contribution >= 0.6 is 15.9 Å². The van der Waals surface area contributed by atoms with Crippen LogP contribution in [0.1, 0.15) is 16.7 Å². The number of aromatic nitrogens is 2. The first-order chi connectivity index (χ1) is 10.1. The van der Waals surface area contributed by atoms with Gasteiger partial charge in [-0.2, -0.15) is 0 Å². The minimum absolute atomic E-state index is 0.665. The summed E-state index contributed by atoms with van der Waals surface area (Å²) >= 11 is 3.67. The summed E-state index contributed by atoms with van der Waals surface area (Å²) < 4.78 is 3.18. The lowest BCUT2D eigenvalue weighted by molar-refractivity contribution is 0.964. The van der Waals surface area contributed by atoms with Crippen molar-refractivity contribution in [2.45, 2.75) is 20.3 Å². The van der Waals surface area contributed by atoms with E-state index in [2.05, 4.69) is 69.7 Å². The Kier molecular flexibility index (Phi) is 3.83. The van der Waals surface area contributed by atoms with Crippen LogP contribution in [0.3, 0.4) is 0 Å². The quantitative estimate of drug-likeness (QED) is 0.783. The summed E-state index contributed by atoms with van der Waals surface area (Å²) in [5.74, 6) is 0. The van der Waals surface area contributed by atoms with Crippen molar-refractivity contribution in [1.82, 2.24) is 9.55 Å². The Balaban J connectivity index is 2.14. The fourth-order valence-electron chi connectivity index (χ4n) is 2.52. The molecule has 3 rings (SSSR count). The average Bonchev–Trinajstić information content (AvgIpc) is 2.83. The molecule has 0 radical (unpaired) electrons. The third-order valence-corrected chi connectivity index (χ3v) is 4.50. The Morgan fingerprint density at radius 2 is 1.90 bits per heavy atom. The number of halogens is 1. The Morgan fingerprint density at radius 3 is 2.62 bits per heavy atom. The van der Waals surface area contributed by atoms with Crippen molar-refractivity contribution in [2.75, 3.05) is 6.54 Å². The molecule has 0 aliphatic carbocycles. The number of hydrogen-bond acceptors (Lipinski definition) is 2. The standard InChI is InChI=1S/C17H18BrN3/c1-11-7-15-17(8-12(11)2)21(10-20-15)16-4-3-13(5-6-19)9-14(16)18/h3-4,7-10H,5-6,19H2,1-2H3. The van der Waals surface area contributed by atoms with Crippen LogP contribution in [-0.4, -0.2) is 16.1 Å². The van der Waals surface area contributed by atoms with Crippen LogP contribution in [0.4, 0.5) is 0 Å². The minimum atomic E-state index is 0.665. The van der Waals surface area contributed by atoms with Crippen LogP contribution in [0.15, 0.2) is 41.1 Å². The maximum absolute atomic E-state index is 5.62. The molecule has 0 fully saturated rings. The van der Waals surface area contributed by atoms with Gasteiger partial charge in [0.25, 0.3) is 0 Å². The summed E-state index contributed by atoms with van der Waals surface area (Å²) in [5, 5.41) is 0. The monoisotopic (exact) mass is 343 g/mol. The number of nitrogens with two attached hydrogens (primary N) is 1. The van der Waals surface area contributed by atoms with Crippen LogP contribution in [0.2, 0.25) is 0 Å².